The van der Waals surface area contributed by atoms with Crippen LogP contribution < -0.4 is 5.32 Å². The van der Waals surface area contributed by atoms with Crippen molar-refractivity contribution in [3.63, 3.8) is 0 Å². The lowest BCUT2D eigenvalue weighted by Crippen LogP contribution is -2.33. The number of aromatic nitrogens is 1. The number of pyridine rings is 1. The highest BCUT2D eigenvalue weighted by molar-refractivity contribution is 6.13. The van der Waals surface area contributed by atoms with E-state index in [1.165, 1.54) is 16.7 Å². The average molecular weight is 721 g/mol. The summed E-state index contributed by atoms with van der Waals surface area (Å²) in [7, 11) is 0. The lowest BCUT2D eigenvalue weighted by molar-refractivity contribution is 0.674. The Balaban J connectivity index is 1.18. The first-order chi connectivity index (χ1) is 27.6. The molecule has 1 aliphatic heterocycles. The van der Waals surface area contributed by atoms with Crippen molar-refractivity contribution in [3.05, 3.63) is 222 Å². The van der Waals surface area contributed by atoms with Gasteiger partial charge in [0, 0.05) is 28.1 Å². The molecule has 7 aromatic carbocycles. The maximum atomic E-state index is 5.37. The molecule has 0 amide bonds. The Morgan fingerprint density at radius 3 is 1.39 bits per heavy atom. The molecule has 56 heavy (non-hydrogen) atoms. The molecule has 0 bridgehead atoms. The molecule has 1 N–H and O–H groups in total. The molecule has 9 rings (SSSR count). The number of aliphatic imine (C=N–C) groups is 2. The van der Waals surface area contributed by atoms with Gasteiger partial charge in [0.05, 0.1) is 0 Å². The molecule has 1 unspecified atom stereocenters. The molecule has 268 valence electrons. The zero-order valence-electron chi connectivity index (χ0n) is 31.4. The third kappa shape index (κ3) is 7.08. The molecular weight excluding hydrogens is 681 g/mol. The van der Waals surface area contributed by atoms with Crippen LogP contribution >= 0.6 is 0 Å². The summed E-state index contributed by atoms with van der Waals surface area (Å²) in [5, 5.41) is 3.74. The minimum atomic E-state index is -0.387. The highest BCUT2D eigenvalue weighted by Gasteiger charge is 2.23. The lowest BCUT2D eigenvalue weighted by Gasteiger charge is -2.25. The van der Waals surface area contributed by atoms with E-state index >= 15 is 0 Å². The number of hydrogen-bond donors (Lipinski definition) is 1. The quantitative estimate of drug-likeness (QED) is 0.170. The number of amidine groups is 2. The number of aryl methyl sites for hydroxylation is 2. The van der Waals surface area contributed by atoms with Gasteiger partial charge < -0.3 is 5.32 Å². The average Bonchev–Trinajstić information content (AvgIpc) is 3.27. The second kappa shape index (κ2) is 15.3. The van der Waals surface area contributed by atoms with Crippen molar-refractivity contribution in [1.29, 1.82) is 0 Å². The van der Waals surface area contributed by atoms with Gasteiger partial charge in [-0.25, -0.2) is 9.98 Å². The van der Waals surface area contributed by atoms with Gasteiger partial charge in [0.1, 0.15) is 12.0 Å². The standard InChI is InChI=1S/C52H40N4/c1-35-23-30-45(36(2)53-35)41-24-26-42(27-25-41)50-54-51(43-28-31-46(37-15-7-3-8-16-37)48(33-43)39-19-11-5-12-20-39)56-52(55-50)44-29-32-47(38-17-9-4-10-18-38)49(34-44)40-21-13-6-14-22-40/h3-34,51H,1-2H3,(H,54,55,56). The van der Waals surface area contributed by atoms with Crippen LogP contribution in [0, 0.1) is 13.8 Å². The first-order valence-electron chi connectivity index (χ1n) is 19.1. The molecule has 1 aliphatic rings. The number of rotatable bonds is 8. The van der Waals surface area contributed by atoms with Gasteiger partial charge in [-0.05, 0) is 87.7 Å². The molecule has 1 atom stereocenters. The molecule has 1 aromatic heterocycles. The Morgan fingerprint density at radius 1 is 0.393 bits per heavy atom. The zero-order chi connectivity index (χ0) is 37.8. The summed E-state index contributed by atoms with van der Waals surface area (Å²) in [5.74, 6) is 1.45. The SMILES string of the molecule is Cc1ccc(-c2ccc(C3=NC(c4ccc(-c5ccccc5)c(-c5ccccc5)c4)=NC(c4ccc(-c5ccccc5)c(-c5ccccc5)c4)N3)cc2)c(C)n1. The third-order valence-corrected chi connectivity index (χ3v) is 10.4. The van der Waals surface area contributed by atoms with E-state index < -0.39 is 0 Å². The molecule has 8 aromatic rings. The molecule has 0 aliphatic carbocycles. The Morgan fingerprint density at radius 2 is 0.839 bits per heavy atom. The smallest absolute Gasteiger partial charge is 0.159 e. The molecule has 0 saturated carbocycles. The van der Waals surface area contributed by atoms with E-state index in [1.54, 1.807) is 0 Å². The Hall–Kier alpha value is -7.17. The van der Waals surface area contributed by atoms with Crippen LogP contribution in [0.15, 0.2) is 204 Å². The maximum absolute atomic E-state index is 5.37. The van der Waals surface area contributed by atoms with E-state index in [0.29, 0.717) is 5.84 Å². The minimum absolute atomic E-state index is 0.387. The topological polar surface area (TPSA) is 49.6 Å². The monoisotopic (exact) mass is 720 g/mol. The largest absolute Gasteiger partial charge is 0.344 e. The van der Waals surface area contributed by atoms with Crippen LogP contribution in [0.2, 0.25) is 0 Å². The van der Waals surface area contributed by atoms with Crippen molar-refractivity contribution in [1.82, 2.24) is 10.3 Å². The summed E-state index contributed by atoms with van der Waals surface area (Å²) in [6.07, 6.45) is -0.387. The molecule has 0 radical (unpaired) electrons. The molecule has 4 heteroatoms. The normalized spacial score (nSPS) is 13.7. The van der Waals surface area contributed by atoms with Crippen LogP contribution in [0.5, 0.6) is 0 Å². The van der Waals surface area contributed by atoms with E-state index in [1.807, 2.05) is 6.92 Å². The number of nitrogens with zero attached hydrogens (tertiary/aromatic N) is 3. The van der Waals surface area contributed by atoms with Crippen molar-refractivity contribution in [2.45, 2.75) is 20.0 Å². The summed E-state index contributed by atoms with van der Waals surface area (Å²) in [4.78, 5) is 15.3. The van der Waals surface area contributed by atoms with E-state index in [0.717, 1.165) is 72.9 Å². The second-order valence-corrected chi connectivity index (χ2v) is 14.2. The van der Waals surface area contributed by atoms with Crippen molar-refractivity contribution in [2.24, 2.45) is 9.98 Å². The van der Waals surface area contributed by atoms with Crippen LogP contribution in [0.3, 0.4) is 0 Å². The van der Waals surface area contributed by atoms with E-state index in [-0.39, 0.29) is 6.17 Å². The fraction of sp³-hybridized carbons (Fsp3) is 0.0577. The Labute approximate surface area is 328 Å². The highest BCUT2D eigenvalue weighted by atomic mass is 15.2. The first-order valence-corrected chi connectivity index (χ1v) is 19.1. The first kappa shape index (κ1) is 34.6. The van der Waals surface area contributed by atoms with E-state index in [4.69, 9.17) is 15.0 Å². The molecule has 0 fully saturated rings. The highest BCUT2D eigenvalue weighted by Crippen LogP contribution is 2.37. The van der Waals surface area contributed by atoms with Crippen molar-refractivity contribution in [3.8, 4) is 55.6 Å². The molecule has 0 spiro atoms. The Bertz CT molecular complexity index is 2700. The zero-order valence-corrected chi connectivity index (χ0v) is 31.4. The van der Waals surface area contributed by atoms with Gasteiger partial charge in [-0.15, -0.1) is 0 Å². The van der Waals surface area contributed by atoms with Gasteiger partial charge >= 0.3 is 0 Å². The van der Waals surface area contributed by atoms with Crippen molar-refractivity contribution < 1.29 is 0 Å². The van der Waals surface area contributed by atoms with Gasteiger partial charge in [-0.2, -0.15) is 0 Å². The lowest BCUT2D eigenvalue weighted by atomic mass is 9.91. The molecule has 4 nitrogen and oxygen atoms in total. The maximum Gasteiger partial charge on any atom is 0.159 e. The van der Waals surface area contributed by atoms with Crippen LogP contribution in [-0.2, 0) is 0 Å². The fourth-order valence-corrected chi connectivity index (χ4v) is 7.56. The van der Waals surface area contributed by atoms with Crippen LogP contribution in [0.4, 0.5) is 0 Å². The van der Waals surface area contributed by atoms with Crippen LogP contribution in [-0.4, -0.2) is 16.7 Å². The minimum Gasteiger partial charge on any atom is -0.344 e. The van der Waals surface area contributed by atoms with Crippen LogP contribution in [0.1, 0.15) is 34.2 Å². The molecular formula is C52H40N4. The van der Waals surface area contributed by atoms with Gasteiger partial charge in [-0.1, -0.05) is 176 Å². The van der Waals surface area contributed by atoms with Gasteiger partial charge in [0.25, 0.3) is 0 Å². The van der Waals surface area contributed by atoms with Crippen LogP contribution in [0.25, 0.3) is 55.6 Å². The second-order valence-electron chi connectivity index (χ2n) is 14.2. The summed E-state index contributed by atoms with van der Waals surface area (Å²) in [6, 6.07) is 68.4. The summed E-state index contributed by atoms with van der Waals surface area (Å²) in [6.45, 7) is 4.09. The van der Waals surface area contributed by atoms with Crippen molar-refractivity contribution >= 4 is 11.7 Å². The van der Waals surface area contributed by atoms with Crippen molar-refractivity contribution in [2.75, 3.05) is 0 Å². The molecule has 0 saturated heterocycles. The van der Waals surface area contributed by atoms with Gasteiger partial charge in [0.15, 0.2) is 5.84 Å². The van der Waals surface area contributed by atoms with Gasteiger partial charge in [0.2, 0.25) is 0 Å². The molecule has 2 heterocycles. The predicted octanol–water partition coefficient (Wildman–Crippen LogP) is 12.5. The predicted molar refractivity (Wildman–Crippen MR) is 233 cm³/mol. The Kier molecular flexibility index (Phi) is 9.44. The van der Waals surface area contributed by atoms with E-state index in [9.17, 15) is 0 Å². The third-order valence-electron chi connectivity index (χ3n) is 10.4. The number of hydrogen-bond acceptors (Lipinski definition) is 4. The van der Waals surface area contributed by atoms with Gasteiger partial charge in [-0.3, -0.25) is 4.98 Å². The summed E-state index contributed by atoms with van der Waals surface area (Å²) in [5.41, 5.74) is 16.5. The number of benzene rings is 7. The summed E-state index contributed by atoms with van der Waals surface area (Å²) >= 11 is 0. The summed E-state index contributed by atoms with van der Waals surface area (Å²) < 4.78 is 0. The number of nitrogens with one attached hydrogen (secondary N) is 1. The fourth-order valence-electron chi connectivity index (χ4n) is 7.56. The van der Waals surface area contributed by atoms with E-state index in [2.05, 4.69) is 206 Å².